The molecule has 0 spiro atoms. The SMILES string of the molecule is Cc1ccc(C2CCCCN2C(=O)Cc2cc(Cl)cc(Cl)c2)cc1C.Cl. The molecule has 0 radical (unpaired) electrons. The first kappa shape index (κ1) is 21.1. The van der Waals surface area contributed by atoms with E-state index in [4.69, 9.17) is 23.2 Å². The fourth-order valence-corrected chi connectivity index (χ4v) is 4.11. The molecule has 1 unspecified atom stereocenters. The van der Waals surface area contributed by atoms with E-state index in [0.717, 1.165) is 31.4 Å². The van der Waals surface area contributed by atoms with Crippen LogP contribution in [0.2, 0.25) is 10.0 Å². The van der Waals surface area contributed by atoms with Gasteiger partial charge in [-0.15, -0.1) is 12.4 Å². The number of rotatable bonds is 3. The molecule has 1 amide bonds. The lowest BCUT2D eigenvalue weighted by Gasteiger charge is -2.36. The number of benzene rings is 2. The second-order valence-electron chi connectivity index (χ2n) is 6.90. The molecule has 0 N–H and O–H groups in total. The first-order valence-electron chi connectivity index (χ1n) is 8.75. The molecule has 2 aromatic carbocycles. The topological polar surface area (TPSA) is 20.3 Å². The summed E-state index contributed by atoms with van der Waals surface area (Å²) in [6, 6.07) is 12.0. The highest BCUT2D eigenvalue weighted by atomic mass is 35.5. The van der Waals surface area contributed by atoms with Crippen LogP contribution >= 0.6 is 35.6 Å². The van der Waals surface area contributed by atoms with Crippen molar-refractivity contribution in [3.05, 3.63) is 68.7 Å². The van der Waals surface area contributed by atoms with Crippen LogP contribution in [0.15, 0.2) is 36.4 Å². The van der Waals surface area contributed by atoms with Gasteiger partial charge in [0.05, 0.1) is 12.5 Å². The summed E-state index contributed by atoms with van der Waals surface area (Å²) in [6.07, 6.45) is 3.57. The van der Waals surface area contributed by atoms with Crippen LogP contribution in [0.25, 0.3) is 0 Å². The smallest absolute Gasteiger partial charge is 0.227 e. The van der Waals surface area contributed by atoms with Crippen molar-refractivity contribution in [3.8, 4) is 0 Å². The molecule has 2 nitrogen and oxygen atoms in total. The zero-order valence-electron chi connectivity index (χ0n) is 15.1. The van der Waals surface area contributed by atoms with Gasteiger partial charge in [0.1, 0.15) is 0 Å². The third kappa shape index (κ3) is 4.94. The molecule has 26 heavy (non-hydrogen) atoms. The molecule has 1 fully saturated rings. The number of carbonyl (C=O) groups excluding carboxylic acids is 1. The van der Waals surface area contributed by atoms with E-state index in [1.807, 2.05) is 17.0 Å². The average molecular weight is 413 g/mol. The van der Waals surface area contributed by atoms with Gasteiger partial charge in [-0.25, -0.2) is 0 Å². The van der Waals surface area contributed by atoms with Crippen LogP contribution in [-0.4, -0.2) is 17.4 Å². The summed E-state index contributed by atoms with van der Waals surface area (Å²) in [5.41, 5.74) is 4.66. The number of piperidine rings is 1. The van der Waals surface area contributed by atoms with E-state index >= 15 is 0 Å². The molecule has 140 valence electrons. The quantitative estimate of drug-likeness (QED) is 0.577. The summed E-state index contributed by atoms with van der Waals surface area (Å²) in [6.45, 7) is 5.05. The number of likely N-dealkylation sites (tertiary alicyclic amines) is 1. The number of hydrogen-bond donors (Lipinski definition) is 0. The molecule has 5 heteroatoms. The van der Waals surface area contributed by atoms with E-state index in [-0.39, 0.29) is 24.4 Å². The number of amides is 1. The Hall–Kier alpha value is -1.22. The second-order valence-corrected chi connectivity index (χ2v) is 7.77. The number of halogens is 3. The largest absolute Gasteiger partial charge is 0.335 e. The predicted octanol–water partition coefficient (Wildman–Crippen LogP) is 6.33. The van der Waals surface area contributed by atoms with Crippen molar-refractivity contribution in [1.82, 2.24) is 4.90 Å². The summed E-state index contributed by atoms with van der Waals surface area (Å²) in [7, 11) is 0. The minimum atomic E-state index is 0. The van der Waals surface area contributed by atoms with Gasteiger partial charge >= 0.3 is 0 Å². The first-order chi connectivity index (χ1) is 11.9. The zero-order valence-corrected chi connectivity index (χ0v) is 17.4. The summed E-state index contributed by atoms with van der Waals surface area (Å²) in [5, 5.41) is 1.14. The summed E-state index contributed by atoms with van der Waals surface area (Å²) in [5.74, 6) is 0.140. The van der Waals surface area contributed by atoms with Gasteiger partial charge in [-0.3, -0.25) is 4.79 Å². The van der Waals surface area contributed by atoms with Gasteiger partial charge in [-0.2, -0.15) is 0 Å². The van der Waals surface area contributed by atoms with Gasteiger partial charge in [0, 0.05) is 16.6 Å². The van der Waals surface area contributed by atoms with E-state index in [9.17, 15) is 4.79 Å². The third-order valence-electron chi connectivity index (χ3n) is 5.02. The van der Waals surface area contributed by atoms with E-state index in [1.165, 1.54) is 16.7 Å². The highest BCUT2D eigenvalue weighted by molar-refractivity contribution is 6.34. The number of aryl methyl sites for hydroxylation is 2. The third-order valence-corrected chi connectivity index (χ3v) is 5.45. The summed E-state index contributed by atoms with van der Waals surface area (Å²) >= 11 is 12.1. The van der Waals surface area contributed by atoms with Gasteiger partial charge in [-0.1, -0.05) is 41.4 Å². The lowest BCUT2D eigenvalue weighted by atomic mass is 9.92. The van der Waals surface area contributed by atoms with Crippen molar-refractivity contribution in [2.24, 2.45) is 0 Å². The Morgan fingerprint density at radius 3 is 2.38 bits per heavy atom. The molecule has 0 bridgehead atoms. The average Bonchev–Trinajstić information content (AvgIpc) is 2.56. The molecular weight excluding hydrogens is 389 g/mol. The van der Waals surface area contributed by atoms with Gasteiger partial charge in [-0.05, 0) is 73.6 Å². The van der Waals surface area contributed by atoms with Crippen LogP contribution < -0.4 is 0 Å². The van der Waals surface area contributed by atoms with Crippen LogP contribution in [0.5, 0.6) is 0 Å². The first-order valence-corrected chi connectivity index (χ1v) is 9.51. The zero-order chi connectivity index (χ0) is 18.0. The van der Waals surface area contributed by atoms with Crippen molar-refractivity contribution in [1.29, 1.82) is 0 Å². The van der Waals surface area contributed by atoms with E-state index in [0.29, 0.717) is 16.5 Å². The molecule has 3 rings (SSSR count). The second kappa shape index (κ2) is 9.12. The maximum Gasteiger partial charge on any atom is 0.227 e. The van der Waals surface area contributed by atoms with E-state index in [1.54, 1.807) is 6.07 Å². The van der Waals surface area contributed by atoms with Crippen molar-refractivity contribution in [3.63, 3.8) is 0 Å². The Balaban J connectivity index is 0.00000243. The lowest BCUT2D eigenvalue weighted by molar-refractivity contribution is -0.134. The Bertz CT molecular complexity index is 771. The molecule has 2 aromatic rings. The lowest BCUT2D eigenvalue weighted by Crippen LogP contribution is -2.39. The monoisotopic (exact) mass is 411 g/mol. The Labute approximate surface area is 171 Å². The number of carbonyl (C=O) groups is 1. The van der Waals surface area contributed by atoms with Crippen LogP contribution in [0.4, 0.5) is 0 Å². The van der Waals surface area contributed by atoms with Gasteiger partial charge in [0.25, 0.3) is 0 Å². The predicted molar refractivity (Wildman–Crippen MR) is 112 cm³/mol. The maximum atomic E-state index is 13.0. The molecule has 1 saturated heterocycles. The highest BCUT2D eigenvalue weighted by Crippen LogP contribution is 2.32. The molecule has 1 aliphatic heterocycles. The van der Waals surface area contributed by atoms with Crippen LogP contribution in [0, 0.1) is 13.8 Å². The van der Waals surface area contributed by atoms with Crippen molar-refractivity contribution in [2.45, 2.75) is 45.6 Å². The van der Waals surface area contributed by atoms with Crippen LogP contribution in [0.3, 0.4) is 0 Å². The molecule has 1 atom stereocenters. The molecule has 0 aromatic heterocycles. The minimum Gasteiger partial charge on any atom is -0.335 e. The standard InChI is InChI=1S/C21H23Cl2NO.ClH/c1-14-6-7-17(9-15(14)2)20-5-3-4-8-24(20)21(25)12-16-10-18(22)13-19(23)11-16;/h6-7,9-11,13,20H,3-5,8,12H2,1-2H3;1H. The normalized spacial score (nSPS) is 16.9. The molecule has 1 aliphatic rings. The van der Waals surface area contributed by atoms with Crippen LogP contribution in [0.1, 0.15) is 47.6 Å². The minimum absolute atomic E-state index is 0. The van der Waals surface area contributed by atoms with Crippen LogP contribution in [-0.2, 0) is 11.2 Å². The van der Waals surface area contributed by atoms with Gasteiger partial charge < -0.3 is 4.90 Å². The highest BCUT2D eigenvalue weighted by Gasteiger charge is 2.28. The fourth-order valence-electron chi connectivity index (χ4n) is 3.54. The summed E-state index contributed by atoms with van der Waals surface area (Å²) in [4.78, 5) is 15.0. The Kier molecular flexibility index (Phi) is 7.40. The molecular formula is C21H24Cl3NO. The molecule has 0 aliphatic carbocycles. The number of nitrogens with zero attached hydrogens (tertiary/aromatic N) is 1. The van der Waals surface area contributed by atoms with Gasteiger partial charge in [0.15, 0.2) is 0 Å². The summed E-state index contributed by atoms with van der Waals surface area (Å²) < 4.78 is 0. The fraction of sp³-hybridized carbons (Fsp3) is 0.381. The van der Waals surface area contributed by atoms with Crippen molar-refractivity contribution >= 4 is 41.5 Å². The molecule has 0 saturated carbocycles. The van der Waals surface area contributed by atoms with E-state index in [2.05, 4.69) is 32.0 Å². The van der Waals surface area contributed by atoms with Crippen molar-refractivity contribution < 1.29 is 4.79 Å². The Morgan fingerprint density at radius 2 is 1.73 bits per heavy atom. The van der Waals surface area contributed by atoms with E-state index < -0.39 is 0 Å². The number of hydrogen-bond acceptors (Lipinski definition) is 1. The molecule has 1 heterocycles. The maximum absolute atomic E-state index is 13.0. The van der Waals surface area contributed by atoms with Gasteiger partial charge in [0.2, 0.25) is 5.91 Å². The Morgan fingerprint density at radius 1 is 1.04 bits per heavy atom. The van der Waals surface area contributed by atoms with Crippen molar-refractivity contribution in [2.75, 3.05) is 6.54 Å².